The molecule has 0 aliphatic heterocycles. The lowest BCUT2D eigenvalue weighted by Crippen LogP contribution is -2.02. The van der Waals surface area contributed by atoms with E-state index in [1.54, 1.807) is 0 Å². The molecule has 1 nitrogen and oxygen atoms in total. The molecule has 1 aromatic rings. The summed E-state index contributed by atoms with van der Waals surface area (Å²) in [7, 11) is 0.0150. The minimum absolute atomic E-state index is 0.0347. The number of hydrogen-bond donors (Lipinski definition) is 0. The van der Waals surface area contributed by atoms with Gasteiger partial charge in [0.1, 0.15) is 5.82 Å². The summed E-state index contributed by atoms with van der Waals surface area (Å²) in [6, 6.07) is 2.23. The number of hydrogen-bond acceptors (Lipinski definition) is 1. The van der Waals surface area contributed by atoms with Crippen LogP contribution in [0.1, 0.15) is 0 Å². The summed E-state index contributed by atoms with van der Waals surface area (Å²) in [6.07, 6.45) is 5.69. The highest BCUT2D eigenvalue weighted by Crippen LogP contribution is 2.51. The van der Waals surface area contributed by atoms with Crippen LogP contribution < -0.4 is 4.74 Å². The van der Waals surface area contributed by atoms with Gasteiger partial charge in [0.2, 0.25) is 0 Å². The highest BCUT2D eigenvalue weighted by molar-refractivity contribution is 8.32. The van der Waals surface area contributed by atoms with Crippen molar-refractivity contribution in [2.24, 2.45) is 0 Å². The Morgan fingerprint density at radius 1 is 1.07 bits per heavy atom. The largest absolute Gasteiger partial charge is 0.492 e. The van der Waals surface area contributed by atoms with Gasteiger partial charge in [-0.2, -0.15) is 0 Å². The average molecular weight is 220 g/mol. The Balaban J connectivity index is 3.46. The quantitative estimate of drug-likeness (QED) is 0.744. The smallest absolute Gasteiger partial charge is 0.169 e. The van der Waals surface area contributed by atoms with E-state index in [0.717, 1.165) is 12.1 Å². The van der Waals surface area contributed by atoms with Crippen molar-refractivity contribution >= 4 is 10.0 Å². The Hall–Kier alpha value is -0.770. The molecule has 0 N–H and O–H groups in total. The van der Waals surface area contributed by atoms with Crippen LogP contribution in [0.2, 0.25) is 0 Å². The first kappa shape index (κ1) is 11.3. The first-order valence-electron chi connectivity index (χ1n) is 4.08. The fraction of sp³-hybridized carbons (Fsp3) is 0.400. The van der Waals surface area contributed by atoms with E-state index < -0.39 is 21.7 Å². The molecule has 0 heterocycles. The molecule has 0 atom stereocenters. The standard InChI is InChI=1S/C10H14F2OS/c1-13-9-7(11)5-6-8(12)10(9)14(2,3)4/h5-6H,1-4H3. The molecule has 0 aliphatic carbocycles. The van der Waals surface area contributed by atoms with Crippen molar-refractivity contribution in [2.45, 2.75) is 4.90 Å². The van der Waals surface area contributed by atoms with E-state index in [4.69, 9.17) is 4.74 Å². The lowest BCUT2D eigenvalue weighted by molar-refractivity contribution is 0.368. The van der Waals surface area contributed by atoms with Crippen molar-refractivity contribution in [1.82, 2.24) is 0 Å². The van der Waals surface area contributed by atoms with Crippen LogP contribution in [0.3, 0.4) is 0 Å². The molecule has 0 radical (unpaired) electrons. The van der Waals surface area contributed by atoms with Crippen LogP contribution in [0.4, 0.5) is 8.78 Å². The maximum Gasteiger partial charge on any atom is 0.169 e. The predicted molar refractivity (Wildman–Crippen MR) is 56.5 cm³/mol. The fourth-order valence-corrected chi connectivity index (χ4v) is 2.67. The van der Waals surface area contributed by atoms with E-state index in [1.807, 2.05) is 18.8 Å². The molecular formula is C10H14F2OS. The van der Waals surface area contributed by atoms with Gasteiger partial charge in [0.15, 0.2) is 11.6 Å². The van der Waals surface area contributed by atoms with Crippen molar-refractivity contribution < 1.29 is 13.5 Å². The third-order valence-corrected chi connectivity index (χ3v) is 3.44. The second kappa shape index (κ2) is 3.77. The van der Waals surface area contributed by atoms with Crippen LogP contribution in [-0.4, -0.2) is 25.9 Å². The molecule has 0 spiro atoms. The molecule has 0 saturated carbocycles. The van der Waals surface area contributed by atoms with Crippen LogP contribution in [0.5, 0.6) is 5.75 Å². The molecule has 1 rings (SSSR count). The molecule has 1 aromatic carbocycles. The highest BCUT2D eigenvalue weighted by atomic mass is 32.3. The molecule has 80 valence electrons. The van der Waals surface area contributed by atoms with Crippen LogP contribution >= 0.6 is 10.0 Å². The second-order valence-corrected chi connectivity index (χ2v) is 7.81. The Morgan fingerprint density at radius 2 is 1.57 bits per heavy atom. The molecule has 0 saturated heterocycles. The fourth-order valence-electron chi connectivity index (χ4n) is 1.28. The Bertz CT molecular complexity index is 345. The number of benzene rings is 1. The first-order chi connectivity index (χ1) is 6.38. The van der Waals surface area contributed by atoms with Crippen LogP contribution in [0.25, 0.3) is 0 Å². The molecule has 0 unspecified atom stereocenters. The summed E-state index contributed by atoms with van der Waals surface area (Å²) in [5.74, 6) is -0.871. The van der Waals surface area contributed by atoms with Crippen molar-refractivity contribution in [3.05, 3.63) is 23.8 Å². The van der Waals surface area contributed by atoms with E-state index in [-0.39, 0.29) is 5.75 Å². The maximum absolute atomic E-state index is 13.5. The van der Waals surface area contributed by atoms with Gasteiger partial charge in [-0.15, -0.1) is 0 Å². The highest BCUT2D eigenvalue weighted by Gasteiger charge is 2.22. The summed E-state index contributed by atoms with van der Waals surface area (Å²) < 4.78 is 31.7. The summed E-state index contributed by atoms with van der Waals surface area (Å²) in [6.45, 7) is 0. The van der Waals surface area contributed by atoms with Crippen molar-refractivity contribution in [3.8, 4) is 5.75 Å². The van der Waals surface area contributed by atoms with Gasteiger partial charge < -0.3 is 4.74 Å². The van der Waals surface area contributed by atoms with Crippen LogP contribution in [-0.2, 0) is 0 Å². The van der Waals surface area contributed by atoms with Crippen molar-refractivity contribution in [1.29, 1.82) is 0 Å². The van der Waals surface area contributed by atoms with Crippen molar-refractivity contribution in [2.75, 3.05) is 25.9 Å². The Labute approximate surface area is 84.4 Å². The van der Waals surface area contributed by atoms with Crippen LogP contribution in [0, 0.1) is 11.6 Å². The topological polar surface area (TPSA) is 9.23 Å². The van der Waals surface area contributed by atoms with E-state index in [0.29, 0.717) is 4.90 Å². The zero-order valence-electron chi connectivity index (χ0n) is 8.73. The Kier molecular flexibility index (Phi) is 3.04. The van der Waals surface area contributed by atoms with E-state index >= 15 is 0 Å². The van der Waals surface area contributed by atoms with Gasteiger partial charge >= 0.3 is 0 Å². The zero-order chi connectivity index (χ0) is 10.9. The molecule has 0 fully saturated rings. The zero-order valence-corrected chi connectivity index (χ0v) is 9.54. The summed E-state index contributed by atoms with van der Waals surface area (Å²) in [5.41, 5.74) is 0. The lowest BCUT2D eigenvalue weighted by Gasteiger charge is -2.28. The number of rotatable bonds is 2. The molecule has 0 aliphatic rings. The molecular weight excluding hydrogens is 206 g/mol. The Morgan fingerprint density at radius 3 is 1.93 bits per heavy atom. The van der Waals surface area contributed by atoms with Gasteiger partial charge in [0.25, 0.3) is 0 Å². The van der Waals surface area contributed by atoms with E-state index in [9.17, 15) is 8.78 Å². The third kappa shape index (κ3) is 2.00. The van der Waals surface area contributed by atoms with Crippen molar-refractivity contribution in [3.63, 3.8) is 0 Å². The molecule has 0 amide bonds. The normalized spacial score (nSPS) is 12.7. The molecule has 4 heteroatoms. The number of halogens is 2. The summed E-state index contributed by atoms with van der Waals surface area (Å²) >= 11 is 0. The second-order valence-electron chi connectivity index (χ2n) is 3.73. The molecule has 0 bridgehead atoms. The van der Waals surface area contributed by atoms with Gasteiger partial charge in [-0.1, -0.05) is 0 Å². The third-order valence-electron chi connectivity index (χ3n) is 1.83. The minimum Gasteiger partial charge on any atom is -0.492 e. The van der Waals surface area contributed by atoms with Gasteiger partial charge in [0.05, 0.1) is 12.0 Å². The van der Waals surface area contributed by atoms with Gasteiger partial charge in [0, 0.05) is 0 Å². The maximum atomic E-state index is 13.5. The molecule has 0 aromatic heterocycles. The number of methoxy groups -OCH3 is 1. The molecule has 14 heavy (non-hydrogen) atoms. The van der Waals surface area contributed by atoms with Crippen LogP contribution in [0.15, 0.2) is 17.0 Å². The van der Waals surface area contributed by atoms with E-state index in [2.05, 4.69) is 0 Å². The van der Waals surface area contributed by atoms with Gasteiger partial charge in [-0.3, -0.25) is 0 Å². The number of ether oxygens (including phenoxy) is 1. The SMILES string of the molecule is COc1c(F)ccc(F)c1S(C)(C)C. The lowest BCUT2D eigenvalue weighted by atomic mass is 10.3. The van der Waals surface area contributed by atoms with Gasteiger partial charge in [-0.05, 0) is 30.9 Å². The summed E-state index contributed by atoms with van der Waals surface area (Å²) in [5, 5.41) is 0. The average Bonchev–Trinajstić information content (AvgIpc) is 2.06. The minimum atomic E-state index is -1.34. The predicted octanol–water partition coefficient (Wildman–Crippen LogP) is 3.03. The van der Waals surface area contributed by atoms with Gasteiger partial charge in [-0.25, -0.2) is 18.8 Å². The monoisotopic (exact) mass is 220 g/mol. The first-order valence-corrected chi connectivity index (χ1v) is 6.94. The summed E-state index contributed by atoms with van der Waals surface area (Å²) in [4.78, 5) is 0.361. The van der Waals surface area contributed by atoms with E-state index in [1.165, 1.54) is 7.11 Å².